The molecule has 0 N–H and O–H groups in total. The van der Waals surface area contributed by atoms with E-state index in [1.54, 1.807) is 0 Å². The number of thiocarbonyl (C=S) groups is 2. The summed E-state index contributed by atoms with van der Waals surface area (Å²) in [6.45, 7) is 21.9. The summed E-state index contributed by atoms with van der Waals surface area (Å²) in [5.74, 6) is 2.89. The van der Waals surface area contributed by atoms with Gasteiger partial charge in [0.1, 0.15) is 0 Å². The number of nitrogens with zero attached hydrogens (tertiary/aromatic N) is 2. The van der Waals surface area contributed by atoms with Crippen LogP contribution in [0.3, 0.4) is 0 Å². The molecular weight excluding hydrogens is 581 g/mol. The minimum atomic E-state index is 0. The molecule has 0 aliphatic carbocycles. The van der Waals surface area contributed by atoms with Gasteiger partial charge >= 0.3 is 0 Å². The molecule has 2 nitrogen and oxygen atoms in total. The molecule has 0 amide bonds. The minimum absolute atomic E-state index is 0. The van der Waals surface area contributed by atoms with Gasteiger partial charge in [-0.25, -0.2) is 0 Å². The van der Waals surface area contributed by atoms with Crippen LogP contribution >= 0.6 is 24.4 Å². The maximum atomic E-state index is 5.06. The average Bonchev–Trinajstić information content (AvgIpc) is 2.53. The Hall–Kier alpha value is 1.61. The van der Waals surface area contributed by atoms with E-state index >= 15 is 0 Å². The predicted molar refractivity (Wildman–Crippen MR) is 156 cm³/mol. The Labute approximate surface area is 245 Å². The Bertz CT molecular complexity index is 359. The molecule has 190 valence electrons. The van der Waals surface area contributed by atoms with Crippen molar-refractivity contribution in [2.45, 2.75) is 81.1 Å². The molecular formula is C22H44MoN2S6-6. The zero-order valence-electron chi connectivity index (χ0n) is 20.7. The van der Waals surface area contributed by atoms with E-state index < -0.39 is 0 Å². The number of hydrogen-bond donors (Lipinski definition) is 0. The zero-order valence-corrected chi connectivity index (χ0v) is 27.6. The van der Waals surface area contributed by atoms with E-state index in [9.17, 15) is 0 Å². The van der Waals surface area contributed by atoms with Crippen LogP contribution in [0.4, 0.5) is 0 Å². The second kappa shape index (κ2) is 26.2. The van der Waals surface area contributed by atoms with Crippen molar-refractivity contribution in [3.63, 3.8) is 0 Å². The van der Waals surface area contributed by atoms with Crippen molar-refractivity contribution in [1.82, 2.24) is 9.80 Å². The monoisotopic (exact) mass is 626 g/mol. The third kappa shape index (κ3) is 31.6. The molecule has 0 heterocycles. The van der Waals surface area contributed by atoms with Crippen LogP contribution in [0.25, 0.3) is 0 Å². The third-order valence-electron chi connectivity index (χ3n) is 4.42. The van der Waals surface area contributed by atoms with E-state index in [1.807, 2.05) is 0 Å². The fourth-order valence-corrected chi connectivity index (χ4v) is 2.98. The number of hydrogen-bond acceptors (Lipinski definition) is 4. The summed E-state index contributed by atoms with van der Waals surface area (Å²) in [5.41, 5.74) is 0. The van der Waals surface area contributed by atoms with Crippen molar-refractivity contribution in [3.05, 3.63) is 0 Å². The summed E-state index contributed by atoms with van der Waals surface area (Å²) in [6, 6.07) is 0. The molecule has 9 heteroatoms. The van der Waals surface area contributed by atoms with Gasteiger partial charge in [-0.1, -0.05) is 64.0 Å². The van der Waals surface area contributed by atoms with Gasteiger partial charge in [-0.2, -0.15) is 0 Å². The van der Waals surface area contributed by atoms with Crippen LogP contribution in [0.1, 0.15) is 81.1 Å². The molecule has 0 aromatic carbocycles. The molecule has 0 bridgehead atoms. The summed E-state index contributed by atoms with van der Waals surface area (Å²) in [7, 11) is 0. The Kier molecular flexibility index (Phi) is 36.1. The van der Waals surface area contributed by atoms with Crippen molar-refractivity contribution in [1.29, 1.82) is 0 Å². The largest absolute Gasteiger partial charge is 2.00 e. The predicted octanol–water partition coefficient (Wildman–Crippen LogP) is 6.42. The first-order chi connectivity index (χ1) is 12.9. The van der Waals surface area contributed by atoms with Crippen LogP contribution < -0.4 is 0 Å². The smallest absolute Gasteiger partial charge is 0.0164 e. The molecule has 0 saturated carbocycles. The van der Waals surface area contributed by atoms with Gasteiger partial charge < -0.3 is 86.5 Å². The standard InChI is InChI=1S/2C11H23NS2.Mo.2S/c2*1-9(2)5-7-12(11(13)14)8-6-10(3)4;;;/h2*9-10H,5-8H2,1-4H3,(H,13,14);;;/q;;;2*-2/p-2. The van der Waals surface area contributed by atoms with E-state index in [1.165, 1.54) is 25.7 Å². The second-order valence-corrected chi connectivity index (χ2v) is 11.3. The second-order valence-electron chi connectivity index (χ2n) is 9.24. The maximum absolute atomic E-state index is 5.06. The van der Waals surface area contributed by atoms with Crippen LogP contribution in [-0.4, -0.2) is 44.6 Å². The van der Waals surface area contributed by atoms with Gasteiger partial charge in [0, 0.05) is 47.2 Å². The maximum Gasteiger partial charge on any atom is 0.0164 e. The first-order valence-electron chi connectivity index (χ1n) is 10.8. The number of rotatable bonds is 12. The van der Waals surface area contributed by atoms with Crippen LogP contribution in [0.2, 0.25) is 0 Å². The topological polar surface area (TPSA) is 6.48 Å². The summed E-state index contributed by atoms with van der Waals surface area (Å²) in [5, 5.41) is 0. The molecule has 31 heavy (non-hydrogen) atoms. The quantitative estimate of drug-likeness (QED) is 0.140. The SMILES string of the molecule is CC(C)CCN(CCC(C)C)C(=S)[S-].CC(C)CCN(CCC(C)C)C(=S)[S-].[Mo].[S-2].[S-2]. The summed E-state index contributed by atoms with van der Waals surface area (Å²) < 4.78 is 1.26. The Balaban J connectivity index is -0.000000133. The van der Waals surface area contributed by atoms with Gasteiger partial charge in [-0.3, -0.25) is 0 Å². The fourth-order valence-electron chi connectivity index (χ4n) is 2.24. The summed E-state index contributed by atoms with van der Waals surface area (Å²) >= 11 is 20.2. The van der Waals surface area contributed by atoms with E-state index in [-0.39, 0.29) is 48.1 Å². The van der Waals surface area contributed by atoms with Gasteiger partial charge in [0.2, 0.25) is 0 Å². The molecule has 0 spiro atoms. The van der Waals surface area contributed by atoms with Gasteiger partial charge in [0.15, 0.2) is 0 Å². The zero-order chi connectivity index (χ0) is 22.3. The Morgan fingerprint density at radius 2 is 0.710 bits per heavy atom. The van der Waals surface area contributed by atoms with Crippen molar-refractivity contribution in [3.8, 4) is 0 Å². The molecule has 0 fully saturated rings. The normalized spacial score (nSPS) is 9.94. The fraction of sp³-hybridized carbons (Fsp3) is 0.909. The molecule has 0 saturated heterocycles. The molecule has 0 aromatic heterocycles. The molecule has 0 aliphatic rings. The van der Waals surface area contributed by atoms with Crippen LogP contribution in [0.5, 0.6) is 0 Å². The van der Waals surface area contributed by atoms with Gasteiger partial charge in [0.25, 0.3) is 0 Å². The summed E-state index contributed by atoms with van der Waals surface area (Å²) in [4.78, 5) is 4.31. The van der Waals surface area contributed by atoms with E-state index in [4.69, 9.17) is 49.7 Å². The van der Waals surface area contributed by atoms with E-state index in [0.29, 0.717) is 8.64 Å². The molecule has 0 radical (unpaired) electrons. The molecule has 0 atom stereocenters. The van der Waals surface area contributed by atoms with Crippen molar-refractivity contribution < 1.29 is 21.1 Å². The van der Waals surface area contributed by atoms with Crippen molar-refractivity contribution in [2.75, 3.05) is 26.2 Å². The summed E-state index contributed by atoms with van der Waals surface area (Å²) in [6.07, 6.45) is 4.70. The first-order valence-corrected chi connectivity index (χ1v) is 12.4. The molecule has 0 aromatic rings. The van der Waals surface area contributed by atoms with Gasteiger partial charge in [-0.15, -0.1) is 0 Å². The van der Waals surface area contributed by atoms with Crippen LogP contribution in [-0.2, 0) is 73.3 Å². The van der Waals surface area contributed by atoms with Crippen LogP contribution in [0.15, 0.2) is 0 Å². The van der Waals surface area contributed by atoms with Gasteiger partial charge in [-0.05, 0) is 49.4 Å². The average molecular weight is 625 g/mol. The van der Waals surface area contributed by atoms with Crippen LogP contribution in [0, 0.1) is 23.7 Å². The first kappa shape index (κ1) is 42.7. The van der Waals surface area contributed by atoms with E-state index in [2.05, 4.69) is 65.2 Å². The van der Waals surface area contributed by atoms with Gasteiger partial charge in [0.05, 0.1) is 0 Å². The molecule has 0 aliphatic heterocycles. The van der Waals surface area contributed by atoms with Crippen molar-refractivity contribution in [2.24, 2.45) is 23.7 Å². The molecule has 0 rings (SSSR count). The third-order valence-corrected chi connectivity index (χ3v) is 5.45. The Morgan fingerprint density at radius 1 is 0.548 bits per heavy atom. The molecule has 0 unspecified atom stereocenters. The Morgan fingerprint density at radius 3 is 0.806 bits per heavy atom. The van der Waals surface area contributed by atoms with E-state index in [0.717, 1.165) is 49.9 Å². The minimum Gasteiger partial charge on any atom is -2.00 e. The van der Waals surface area contributed by atoms with Crippen molar-refractivity contribution >= 4 is 85.3 Å².